The third kappa shape index (κ3) is 6.29. The summed E-state index contributed by atoms with van der Waals surface area (Å²) in [5.74, 6) is 0.469. The maximum Gasteiger partial charge on any atom is 0.407 e. The van der Waals surface area contributed by atoms with Gasteiger partial charge in [0.1, 0.15) is 18.0 Å². The number of hydrogen-bond donors (Lipinski definition) is 4. The van der Waals surface area contributed by atoms with E-state index in [4.69, 9.17) is 14.2 Å². The molecular weight excluding hydrogens is 408 g/mol. The van der Waals surface area contributed by atoms with Crippen LogP contribution in [0.3, 0.4) is 0 Å². The van der Waals surface area contributed by atoms with Gasteiger partial charge in [-0.3, -0.25) is 9.69 Å². The fourth-order valence-electron chi connectivity index (χ4n) is 3.47. The van der Waals surface area contributed by atoms with Crippen LogP contribution in [0.4, 0.5) is 9.59 Å². The van der Waals surface area contributed by atoms with E-state index in [1.165, 1.54) is 0 Å². The molecule has 0 unspecified atom stereocenters. The molecule has 0 aliphatic carbocycles. The lowest BCUT2D eigenvalue weighted by Crippen LogP contribution is -2.42. The van der Waals surface area contributed by atoms with Gasteiger partial charge in [-0.25, -0.2) is 9.59 Å². The second kappa shape index (κ2) is 10.9. The first-order valence-electron chi connectivity index (χ1n) is 10.1. The second-order valence-corrected chi connectivity index (χ2v) is 7.25. The highest BCUT2D eigenvalue weighted by atomic mass is 16.6. The molecule has 2 fully saturated rings. The topological polar surface area (TPSA) is 138 Å². The molecule has 31 heavy (non-hydrogen) atoms. The van der Waals surface area contributed by atoms with Crippen LogP contribution in [0, 0.1) is 0 Å². The molecule has 1 aromatic rings. The number of nitrogens with one attached hydrogen (secondary N) is 3. The van der Waals surface area contributed by atoms with Gasteiger partial charge in [0.05, 0.1) is 39.5 Å². The minimum Gasteiger partial charge on any atom is -0.497 e. The van der Waals surface area contributed by atoms with Crippen molar-refractivity contribution in [2.75, 3.05) is 46.5 Å². The van der Waals surface area contributed by atoms with Crippen LogP contribution in [0.25, 0.3) is 0 Å². The first-order chi connectivity index (χ1) is 15.0. The summed E-state index contributed by atoms with van der Waals surface area (Å²) in [5, 5.41) is 18.4. The number of alkyl carbamates (subject to hydrolysis) is 1. The van der Waals surface area contributed by atoms with E-state index in [-0.39, 0.29) is 44.8 Å². The first kappa shape index (κ1) is 22.8. The van der Waals surface area contributed by atoms with Gasteiger partial charge in [0.25, 0.3) is 0 Å². The molecule has 2 heterocycles. The Balaban J connectivity index is 1.35. The van der Waals surface area contributed by atoms with Crippen LogP contribution in [0.1, 0.15) is 5.56 Å². The Labute approximate surface area is 180 Å². The summed E-state index contributed by atoms with van der Waals surface area (Å²) in [6, 6.07) is 6.93. The van der Waals surface area contributed by atoms with Crippen LogP contribution in [0.5, 0.6) is 5.75 Å². The Hall–Kier alpha value is -2.89. The molecule has 170 valence electrons. The fourth-order valence-corrected chi connectivity index (χ4v) is 3.47. The molecule has 4 amide bonds. The van der Waals surface area contributed by atoms with Gasteiger partial charge in [0, 0.05) is 13.1 Å². The molecule has 11 heteroatoms. The van der Waals surface area contributed by atoms with Crippen LogP contribution in [-0.4, -0.2) is 92.8 Å². The van der Waals surface area contributed by atoms with E-state index in [1.807, 2.05) is 24.3 Å². The zero-order valence-corrected chi connectivity index (χ0v) is 17.3. The molecule has 3 atom stereocenters. The van der Waals surface area contributed by atoms with Gasteiger partial charge >= 0.3 is 12.1 Å². The summed E-state index contributed by atoms with van der Waals surface area (Å²) >= 11 is 0. The molecule has 2 aliphatic rings. The van der Waals surface area contributed by atoms with Crippen molar-refractivity contribution in [3.63, 3.8) is 0 Å². The third-order valence-corrected chi connectivity index (χ3v) is 5.13. The summed E-state index contributed by atoms with van der Waals surface area (Å²) in [6.07, 6.45) is -1.53. The molecule has 0 aromatic heterocycles. The number of benzene rings is 1. The number of urea groups is 1. The van der Waals surface area contributed by atoms with Gasteiger partial charge in [-0.05, 0) is 24.1 Å². The lowest BCUT2D eigenvalue weighted by molar-refractivity contribution is -0.125. The third-order valence-electron chi connectivity index (χ3n) is 5.13. The van der Waals surface area contributed by atoms with Gasteiger partial charge in [0.2, 0.25) is 5.91 Å². The number of nitrogens with zero attached hydrogens (tertiary/aromatic N) is 1. The maximum absolute atomic E-state index is 12.1. The molecule has 11 nitrogen and oxygen atoms in total. The predicted octanol–water partition coefficient (Wildman–Crippen LogP) is -0.766. The number of carbonyl (C=O) groups excluding carboxylic acids is 3. The van der Waals surface area contributed by atoms with Crippen LogP contribution in [-0.2, 0) is 20.7 Å². The van der Waals surface area contributed by atoms with E-state index < -0.39 is 24.3 Å². The molecule has 0 radical (unpaired) electrons. The summed E-state index contributed by atoms with van der Waals surface area (Å²) in [4.78, 5) is 36.0. The smallest absolute Gasteiger partial charge is 0.407 e. The van der Waals surface area contributed by atoms with E-state index in [9.17, 15) is 19.5 Å². The highest BCUT2D eigenvalue weighted by molar-refractivity contribution is 6.01. The van der Waals surface area contributed by atoms with Crippen molar-refractivity contribution in [3.05, 3.63) is 29.8 Å². The van der Waals surface area contributed by atoms with E-state index in [1.54, 1.807) is 7.11 Å². The maximum atomic E-state index is 12.1. The van der Waals surface area contributed by atoms with Crippen molar-refractivity contribution < 1.29 is 33.7 Å². The number of hydrogen-bond acceptors (Lipinski definition) is 8. The van der Waals surface area contributed by atoms with Crippen molar-refractivity contribution in [1.29, 1.82) is 0 Å². The van der Waals surface area contributed by atoms with Crippen LogP contribution in [0.15, 0.2) is 24.3 Å². The number of amides is 4. The number of aliphatic hydroxyl groups excluding tert-OH is 1. The van der Waals surface area contributed by atoms with Gasteiger partial charge in [-0.15, -0.1) is 0 Å². The van der Waals surface area contributed by atoms with Gasteiger partial charge in [-0.2, -0.15) is 0 Å². The zero-order chi connectivity index (χ0) is 22.2. The number of aliphatic hydroxyl groups is 1. The summed E-state index contributed by atoms with van der Waals surface area (Å²) in [7, 11) is 1.60. The average molecular weight is 436 g/mol. The second-order valence-electron chi connectivity index (χ2n) is 7.25. The number of β-amino-alcohol motifs (C(OH)–C–C–N with tert-alkyl or cyclic N) is 1. The molecule has 2 aliphatic heterocycles. The van der Waals surface area contributed by atoms with Crippen molar-refractivity contribution in [2.45, 2.75) is 24.7 Å². The number of rotatable bonds is 10. The average Bonchev–Trinajstić information content (AvgIpc) is 3.27. The number of ether oxygens (including phenoxy) is 3. The lowest BCUT2D eigenvalue weighted by atomic mass is 10.0. The van der Waals surface area contributed by atoms with Crippen LogP contribution >= 0.6 is 0 Å². The van der Waals surface area contributed by atoms with Crippen LogP contribution in [0.2, 0.25) is 0 Å². The number of methoxy groups -OCH3 is 1. The molecule has 0 bridgehead atoms. The summed E-state index contributed by atoms with van der Waals surface area (Å²) < 4.78 is 15.9. The Bertz CT molecular complexity index is 757. The first-order valence-corrected chi connectivity index (χ1v) is 10.1. The van der Waals surface area contributed by atoms with E-state index in [0.717, 1.165) is 16.2 Å². The monoisotopic (exact) mass is 436 g/mol. The fraction of sp³-hybridized carbons (Fsp3) is 0.550. The van der Waals surface area contributed by atoms with Crippen LogP contribution < -0.4 is 20.7 Å². The molecule has 2 saturated heterocycles. The van der Waals surface area contributed by atoms with Gasteiger partial charge < -0.3 is 35.3 Å². The standard InChI is InChI=1S/C20H28N4O7/c1-29-14-4-2-13(3-5-14)10-15-18(16(25)11-22-15)31-20(28)21-6-8-30-9-7-24-17(26)12-23-19(24)27/h2-5,15-16,18,22,25H,6-12H2,1H3,(H,21,28)(H,23,27)/t15-,16+,18+/m1/s1. The van der Waals surface area contributed by atoms with E-state index in [2.05, 4.69) is 16.0 Å². The Morgan fingerprint density at radius 3 is 2.71 bits per heavy atom. The Morgan fingerprint density at radius 1 is 1.26 bits per heavy atom. The zero-order valence-electron chi connectivity index (χ0n) is 17.3. The van der Waals surface area contributed by atoms with Crippen molar-refractivity contribution in [3.8, 4) is 5.75 Å². The van der Waals surface area contributed by atoms with Crippen molar-refractivity contribution in [1.82, 2.24) is 20.9 Å². The minimum atomic E-state index is -0.797. The number of imide groups is 1. The molecule has 1 aromatic carbocycles. The molecule has 0 spiro atoms. The SMILES string of the molecule is COc1ccc(C[C@H]2NC[C@H](O)[C@H]2OC(=O)NCCOCCN2C(=O)CNC2=O)cc1. The molecule has 0 saturated carbocycles. The minimum absolute atomic E-state index is 0.00750. The highest BCUT2D eigenvalue weighted by Crippen LogP contribution is 2.19. The quantitative estimate of drug-likeness (QED) is 0.277. The van der Waals surface area contributed by atoms with Crippen molar-refractivity contribution in [2.24, 2.45) is 0 Å². The van der Waals surface area contributed by atoms with E-state index in [0.29, 0.717) is 13.0 Å². The predicted molar refractivity (Wildman–Crippen MR) is 109 cm³/mol. The largest absolute Gasteiger partial charge is 0.497 e. The van der Waals surface area contributed by atoms with Crippen molar-refractivity contribution >= 4 is 18.0 Å². The molecular formula is C20H28N4O7. The highest BCUT2D eigenvalue weighted by Gasteiger charge is 2.37. The normalized spacial score (nSPS) is 23.0. The van der Waals surface area contributed by atoms with Gasteiger partial charge in [-0.1, -0.05) is 12.1 Å². The Morgan fingerprint density at radius 2 is 2.03 bits per heavy atom. The van der Waals surface area contributed by atoms with E-state index >= 15 is 0 Å². The molecule has 4 N–H and O–H groups in total. The summed E-state index contributed by atoms with van der Waals surface area (Å²) in [5.41, 5.74) is 1.03. The lowest BCUT2D eigenvalue weighted by Gasteiger charge is -2.22. The molecule has 3 rings (SSSR count). The van der Waals surface area contributed by atoms with Gasteiger partial charge in [0.15, 0.2) is 0 Å². The Kier molecular flexibility index (Phi) is 8.04. The summed E-state index contributed by atoms with van der Waals surface area (Å²) in [6.45, 7) is 1.06. The number of carbonyl (C=O) groups is 3.